The lowest BCUT2D eigenvalue weighted by molar-refractivity contribution is 0.319. The number of oxime groups is 1. The minimum Gasteiger partial charge on any atom is -0.411 e. The Morgan fingerprint density at radius 3 is 2.87 bits per heavy atom. The van der Waals surface area contributed by atoms with Gasteiger partial charge in [0.2, 0.25) is 0 Å². The quantitative estimate of drug-likeness (QED) is 0.462. The third kappa shape index (κ3) is 1.48. The van der Waals surface area contributed by atoms with Gasteiger partial charge in [0.15, 0.2) is 0 Å². The molecule has 0 spiro atoms. The van der Waals surface area contributed by atoms with Gasteiger partial charge in [0.25, 0.3) is 0 Å². The lowest BCUT2D eigenvalue weighted by Crippen LogP contribution is -2.00. The summed E-state index contributed by atoms with van der Waals surface area (Å²) in [5.74, 6) is 0. The van der Waals surface area contributed by atoms with Crippen molar-refractivity contribution in [2.45, 2.75) is 20.4 Å². The minimum atomic E-state index is 0.540. The van der Waals surface area contributed by atoms with Crippen molar-refractivity contribution in [2.24, 2.45) is 5.16 Å². The first kappa shape index (κ1) is 9.71. The predicted molar refractivity (Wildman–Crippen MR) is 59.4 cm³/mol. The van der Waals surface area contributed by atoms with E-state index in [2.05, 4.69) is 10.3 Å². The molecule has 0 bridgehead atoms. The molecule has 1 aromatic heterocycles. The molecule has 0 aliphatic rings. The highest BCUT2D eigenvalue weighted by molar-refractivity contribution is 6.07. The van der Waals surface area contributed by atoms with E-state index in [9.17, 15) is 0 Å². The van der Waals surface area contributed by atoms with Gasteiger partial charge in [-0.15, -0.1) is 0 Å². The zero-order chi connectivity index (χ0) is 10.8. The van der Waals surface area contributed by atoms with Crippen molar-refractivity contribution in [3.63, 3.8) is 0 Å². The van der Waals surface area contributed by atoms with E-state index in [-0.39, 0.29) is 0 Å². The number of hydrogen-bond acceptors (Lipinski definition) is 3. The maximum atomic E-state index is 8.77. The second kappa shape index (κ2) is 3.73. The van der Waals surface area contributed by atoms with Crippen molar-refractivity contribution >= 4 is 16.6 Å². The first-order chi connectivity index (χ1) is 7.27. The fourth-order valence-electron chi connectivity index (χ4n) is 1.68. The van der Waals surface area contributed by atoms with Gasteiger partial charge in [-0.05, 0) is 19.9 Å². The summed E-state index contributed by atoms with van der Waals surface area (Å²) in [6, 6.07) is 7.93. The highest BCUT2D eigenvalue weighted by Gasteiger charge is 2.11. The maximum Gasteiger partial charge on any atom is 0.117 e. The second-order valence-electron chi connectivity index (χ2n) is 3.37. The van der Waals surface area contributed by atoms with Gasteiger partial charge >= 0.3 is 0 Å². The Morgan fingerprint density at radius 1 is 1.47 bits per heavy atom. The summed E-state index contributed by atoms with van der Waals surface area (Å²) in [6.07, 6.45) is 0. The summed E-state index contributed by atoms with van der Waals surface area (Å²) >= 11 is 0. The molecule has 0 amide bonds. The van der Waals surface area contributed by atoms with Crippen LogP contribution in [-0.4, -0.2) is 20.7 Å². The minimum absolute atomic E-state index is 0.540. The number of aryl methyl sites for hydroxylation is 1. The summed E-state index contributed by atoms with van der Waals surface area (Å²) in [4.78, 5) is 0. The van der Waals surface area contributed by atoms with E-state index in [1.165, 1.54) is 0 Å². The second-order valence-corrected chi connectivity index (χ2v) is 3.37. The van der Waals surface area contributed by atoms with Gasteiger partial charge in [-0.3, -0.25) is 4.68 Å². The largest absolute Gasteiger partial charge is 0.411 e. The molecule has 2 rings (SSSR count). The van der Waals surface area contributed by atoms with Gasteiger partial charge in [0.05, 0.1) is 5.52 Å². The van der Waals surface area contributed by atoms with Crippen LogP contribution in [-0.2, 0) is 6.54 Å². The van der Waals surface area contributed by atoms with Gasteiger partial charge in [-0.2, -0.15) is 5.10 Å². The van der Waals surface area contributed by atoms with Crippen LogP contribution in [0.4, 0.5) is 0 Å². The smallest absolute Gasteiger partial charge is 0.117 e. The highest BCUT2D eigenvalue weighted by atomic mass is 16.4. The standard InChI is InChI=1S/C11H13N3O/c1-3-14-10-7-5-4-6-9(10)11(12-14)8(2)13-15/h4-7,15H,3H2,1-2H3/b13-8-. The molecule has 0 saturated heterocycles. The average molecular weight is 203 g/mol. The molecule has 0 fully saturated rings. The van der Waals surface area contributed by atoms with Crippen LogP contribution >= 0.6 is 0 Å². The van der Waals surface area contributed by atoms with Crippen molar-refractivity contribution in [1.29, 1.82) is 0 Å². The summed E-state index contributed by atoms with van der Waals surface area (Å²) in [5, 5.41) is 17.4. The number of nitrogens with zero attached hydrogens (tertiary/aromatic N) is 3. The number of para-hydroxylation sites is 1. The van der Waals surface area contributed by atoms with E-state index in [1.807, 2.05) is 35.9 Å². The van der Waals surface area contributed by atoms with Crippen LogP contribution in [0, 0.1) is 0 Å². The summed E-state index contributed by atoms with van der Waals surface area (Å²) in [6.45, 7) is 4.59. The Hall–Kier alpha value is -1.84. The summed E-state index contributed by atoms with van der Waals surface area (Å²) < 4.78 is 1.90. The van der Waals surface area contributed by atoms with Crippen LogP contribution in [0.1, 0.15) is 19.5 Å². The number of aromatic nitrogens is 2. The van der Waals surface area contributed by atoms with Crippen molar-refractivity contribution in [1.82, 2.24) is 9.78 Å². The molecule has 0 aliphatic heterocycles. The molecular weight excluding hydrogens is 190 g/mol. The van der Waals surface area contributed by atoms with E-state index in [0.717, 1.165) is 23.1 Å². The first-order valence-electron chi connectivity index (χ1n) is 4.92. The highest BCUT2D eigenvalue weighted by Crippen LogP contribution is 2.18. The fourth-order valence-corrected chi connectivity index (χ4v) is 1.68. The van der Waals surface area contributed by atoms with Crippen LogP contribution in [0.2, 0.25) is 0 Å². The average Bonchev–Trinajstić information content (AvgIpc) is 2.67. The zero-order valence-corrected chi connectivity index (χ0v) is 8.81. The number of benzene rings is 1. The van der Waals surface area contributed by atoms with Gasteiger partial charge < -0.3 is 5.21 Å². The van der Waals surface area contributed by atoms with Crippen molar-refractivity contribution in [2.75, 3.05) is 0 Å². The molecule has 0 saturated carbocycles. The monoisotopic (exact) mass is 203 g/mol. The Labute approximate surface area is 87.8 Å². The van der Waals surface area contributed by atoms with E-state index < -0.39 is 0 Å². The Bertz CT molecular complexity index is 514. The van der Waals surface area contributed by atoms with E-state index in [1.54, 1.807) is 6.92 Å². The number of fused-ring (bicyclic) bond motifs is 1. The van der Waals surface area contributed by atoms with E-state index in [4.69, 9.17) is 5.21 Å². The lowest BCUT2D eigenvalue weighted by Gasteiger charge is -1.95. The molecule has 2 aromatic rings. The molecular formula is C11H13N3O. The third-order valence-electron chi connectivity index (χ3n) is 2.45. The van der Waals surface area contributed by atoms with E-state index >= 15 is 0 Å². The van der Waals surface area contributed by atoms with Crippen LogP contribution in [0.25, 0.3) is 10.9 Å². The Morgan fingerprint density at radius 2 is 2.20 bits per heavy atom. The molecule has 0 unspecified atom stereocenters. The van der Waals surface area contributed by atoms with Gasteiger partial charge in [0, 0.05) is 11.9 Å². The van der Waals surface area contributed by atoms with Gasteiger partial charge in [0.1, 0.15) is 11.4 Å². The normalized spacial score (nSPS) is 12.3. The van der Waals surface area contributed by atoms with Crippen LogP contribution in [0.5, 0.6) is 0 Å². The predicted octanol–water partition coefficient (Wildman–Crippen LogP) is 2.25. The zero-order valence-electron chi connectivity index (χ0n) is 8.81. The van der Waals surface area contributed by atoms with Gasteiger partial charge in [-0.25, -0.2) is 0 Å². The summed E-state index contributed by atoms with van der Waals surface area (Å²) in [5.41, 5.74) is 2.35. The molecule has 1 heterocycles. The van der Waals surface area contributed by atoms with Crippen molar-refractivity contribution in [3.8, 4) is 0 Å². The van der Waals surface area contributed by atoms with Crippen LogP contribution in [0.3, 0.4) is 0 Å². The molecule has 0 atom stereocenters. The molecule has 1 aromatic carbocycles. The molecule has 78 valence electrons. The van der Waals surface area contributed by atoms with Crippen molar-refractivity contribution < 1.29 is 5.21 Å². The lowest BCUT2D eigenvalue weighted by atomic mass is 10.1. The molecule has 1 N–H and O–H groups in total. The van der Waals surface area contributed by atoms with Crippen molar-refractivity contribution in [3.05, 3.63) is 30.0 Å². The van der Waals surface area contributed by atoms with Crippen LogP contribution in [0.15, 0.2) is 29.4 Å². The molecule has 4 nitrogen and oxygen atoms in total. The maximum absolute atomic E-state index is 8.77. The first-order valence-corrected chi connectivity index (χ1v) is 4.92. The van der Waals surface area contributed by atoms with E-state index in [0.29, 0.717) is 5.71 Å². The Kier molecular flexibility index (Phi) is 2.41. The molecule has 4 heteroatoms. The number of rotatable bonds is 2. The fraction of sp³-hybridized carbons (Fsp3) is 0.273. The van der Waals surface area contributed by atoms with Crippen LogP contribution < -0.4 is 0 Å². The number of hydrogen-bond donors (Lipinski definition) is 1. The molecule has 0 radical (unpaired) electrons. The SMILES string of the molecule is CCn1nc(/C(C)=N\O)c2ccccc21. The van der Waals surface area contributed by atoms with Gasteiger partial charge in [-0.1, -0.05) is 23.4 Å². The summed E-state index contributed by atoms with van der Waals surface area (Å²) in [7, 11) is 0. The molecule has 15 heavy (non-hydrogen) atoms. The molecule has 0 aliphatic carbocycles. The topological polar surface area (TPSA) is 50.4 Å². The third-order valence-corrected chi connectivity index (χ3v) is 2.45. The Balaban J connectivity index is 2.76.